The summed E-state index contributed by atoms with van der Waals surface area (Å²) in [7, 11) is 0. The largest absolute Gasteiger partial charge is 0.378 e. The maximum atomic E-state index is 12.8. The summed E-state index contributed by atoms with van der Waals surface area (Å²) in [6.45, 7) is 5.87. The molecule has 0 saturated carbocycles. The van der Waals surface area contributed by atoms with Crippen LogP contribution in [-0.4, -0.2) is 72.0 Å². The predicted octanol–water partition coefficient (Wildman–Crippen LogP) is 0.402. The van der Waals surface area contributed by atoms with E-state index < -0.39 is 6.04 Å². The maximum Gasteiger partial charge on any atom is 0.255 e. The van der Waals surface area contributed by atoms with Gasteiger partial charge in [-0.2, -0.15) is 0 Å². The molecule has 1 aromatic carbocycles. The van der Waals surface area contributed by atoms with E-state index >= 15 is 0 Å². The molecule has 4 aliphatic rings. The zero-order valence-electron chi connectivity index (χ0n) is 17.1. The Balaban J connectivity index is 1.23. The van der Waals surface area contributed by atoms with Gasteiger partial charge in [0.05, 0.1) is 13.2 Å². The first-order valence-corrected chi connectivity index (χ1v) is 10.8. The minimum absolute atomic E-state index is 0.116. The number of fused-ring (bicyclic) bond motifs is 1. The summed E-state index contributed by atoms with van der Waals surface area (Å²) in [6, 6.07) is 5.46. The van der Waals surface area contributed by atoms with Crippen LogP contribution in [0, 0.1) is 0 Å². The van der Waals surface area contributed by atoms with E-state index in [2.05, 4.69) is 21.6 Å². The van der Waals surface area contributed by atoms with Gasteiger partial charge < -0.3 is 15.0 Å². The van der Waals surface area contributed by atoms with Crippen LogP contribution in [0.3, 0.4) is 0 Å². The molecule has 0 radical (unpaired) electrons. The Hall–Kier alpha value is -2.29. The van der Waals surface area contributed by atoms with Crippen molar-refractivity contribution >= 4 is 17.7 Å². The standard InChI is InChI=1S/C22H28N4O4/c27-19-4-3-18(20(28)24-19)26-13-16-11-15(1-2-17(16)21(26)29)12-25-8-5-22(6-9-25)14-30-10-7-23-22/h1-2,11,18,23H,3-10,12-14H2,(H,24,27,28). The van der Waals surface area contributed by atoms with Crippen LogP contribution in [-0.2, 0) is 27.4 Å². The minimum atomic E-state index is -0.561. The van der Waals surface area contributed by atoms with Crippen LogP contribution in [0.15, 0.2) is 18.2 Å². The lowest BCUT2D eigenvalue weighted by atomic mass is 9.87. The number of benzene rings is 1. The third-order valence-electron chi connectivity index (χ3n) is 6.93. The Bertz CT molecular complexity index is 870. The highest BCUT2D eigenvalue weighted by Gasteiger charge is 2.39. The van der Waals surface area contributed by atoms with Gasteiger partial charge in [-0.3, -0.25) is 24.6 Å². The first-order valence-electron chi connectivity index (χ1n) is 10.8. The summed E-state index contributed by atoms with van der Waals surface area (Å²) < 4.78 is 5.69. The van der Waals surface area contributed by atoms with Crippen molar-refractivity contribution in [2.45, 2.75) is 50.4 Å². The Labute approximate surface area is 175 Å². The molecule has 1 unspecified atom stereocenters. The third kappa shape index (κ3) is 3.64. The Morgan fingerprint density at radius 2 is 2.00 bits per heavy atom. The first-order chi connectivity index (χ1) is 14.5. The molecule has 160 valence electrons. The fourth-order valence-corrected chi connectivity index (χ4v) is 5.15. The van der Waals surface area contributed by atoms with Gasteiger partial charge in [0.1, 0.15) is 6.04 Å². The van der Waals surface area contributed by atoms with Crippen LogP contribution >= 0.6 is 0 Å². The molecule has 0 bridgehead atoms. The van der Waals surface area contributed by atoms with Crippen molar-refractivity contribution in [3.63, 3.8) is 0 Å². The molecule has 30 heavy (non-hydrogen) atoms. The SMILES string of the molecule is O=C1CCC(N2Cc3cc(CN4CCC5(CC4)COCCN5)ccc3C2=O)C(=O)N1. The molecular formula is C22H28N4O4. The van der Waals surface area contributed by atoms with Gasteiger partial charge in [0.15, 0.2) is 0 Å². The lowest BCUT2D eigenvalue weighted by Gasteiger charge is -2.44. The Kier molecular flexibility index (Phi) is 5.08. The number of hydrogen-bond acceptors (Lipinski definition) is 6. The number of hydrogen-bond donors (Lipinski definition) is 2. The second-order valence-electron chi connectivity index (χ2n) is 8.93. The van der Waals surface area contributed by atoms with Crippen molar-refractivity contribution in [3.05, 3.63) is 34.9 Å². The molecule has 4 aliphatic heterocycles. The fraction of sp³-hybridized carbons (Fsp3) is 0.591. The fourth-order valence-electron chi connectivity index (χ4n) is 5.15. The number of carbonyl (C=O) groups is 3. The maximum absolute atomic E-state index is 12.8. The number of imide groups is 1. The van der Waals surface area contributed by atoms with Gasteiger partial charge >= 0.3 is 0 Å². The summed E-state index contributed by atoms with van der Waals surface area (Å²) in [4.78, 5) is 40.5. The lowest BCUT2D eigenvalue weighted by Crippen LogP contribution is -2.59. The van der Waals surface area contributed by atoms with Crippen LogP contribution < -0.4 is 10.6 Å². The summed E-state index contributed by atoms with van der Waals surface area (Å²) >= 11 is 0. The van der Waals surface area contributed by atoms with E-state index in [9.17, 15) is 14.4 Å². The van der Waals surface area contributed by atoms with Crippen molar-refractivity contribution in [1.82, 2.24) is 20.4 Å². The van der Waals surface area contributed by atoms with Gasteiger partial charge in [-0.1, -0.05) is 12.1 Å². The normalized spacial score (nSPS) is 26.7. The number of ether oxygens (including phenoxy) is 1. The molecule has 3 saturated heterocycles. The summed E-state index contributed by atoms with van der Waals surface area (Å²) in [6.07, 6.45) is 2.84. The highest BCUT2D eigenvalue weighted by atomic mass is 16.5. The van der Waals surface area contributed by atoms with Crippen LogP contribution in [0.5, 0.6) is 0 Å². The summed E-state index contributed by atoms with van der Waals surface area (Å²) in [5, 5.41) is 6.00. The van der Waals surface area contributed by atoms with Crippen molar-refractivity contribution in [2.75, 3.05) is 32.8 Å². The molecule has 8 heteroatoms. The average Bonchev–Trinajstić information content (AvgIpc) is 3.06. The van der Waals surface area contributed by atoms with Crippen molar-refractivity contribution in [1.29, 1.82) is 0 Å². The van der Waals surface area contributed by atoms with Crippen LogP contribution in [0.4, 0.5) is 0 Å². The van der Waals surface area contributed by atoms with E-state index in [1.165, 1.54) is 5.56 Å². The van der Waals surface area contributed by atoms with Gasteiger partial charge in [0.25, 0.3) is 5.91 Å². The molecule has 0 aliphatic carbocycles. The minimum Gasteiger partial charge on any atom is -0.378 e. The monoisotopic (exact) mass is 412 g/mol. The topological polar surface area (TPSA) is 91.0 Å². The van der Waals surface area contributed by atoms with E-state index in [0.717, 1.165) is 57.8 Å². The number of nitrogens with zero attached hydrogens (tertiary/aromatic N) is 2. The van der Waals surface area contributed by atoms with Crippen molar-refractivity contribution in [3.8, 4) is 0 Å². The predicted molar refractivity (Wildman–Crippen MR) is 109 cm³/mol. The van der Waals surface area contributed by atoms with E-state index in [1.807, 2.05) is 12.1 Å². The van der Waals surface area contributed by atoms with Gasteiger partial charge in [0, 0.05) is 50.2 Å². The molecule has 8 nitrogen and oxygen atoms in total. The third-order valence-corrected chi connectivity index (χ3v) is 6.93. The average molecular weight is 412 g/mol. The summed E-state index contributed by atoms with van der Waals surface area (Å²) in [5.41, 5.74) is 2.97. The second-order valence-corrected chi connectivity index (χ2v) is 8.93. The molecule has 1 aromatic rings. The zero-order chi connectivity index (χ0) is 20.7. The van der Waals surface area contributed by atoms with Gasteiger partial charge in [-0.05, 0) is 36.5 Å². The summed E-state index contributed by atoms with van der Waals surface area (Å²) in [5.74, 6) is -0.745. The van der Waals surface area contributed by atoms with E-state index in [-0.39, 0.29) is 29.7 Å². The first kappa shape index (κ1) is 19.7. The Morgan fingerprint density at radius 3 is 2.73 bits per heavy atom. The molecule has 0 aromatic heterocycles. The number of carbonyl (C=O) groups excluding carboxylic acids is 3. The molecule has 4 heterocycles. The lowest BCUT2D eigenvalue weighted by molar-refractivity contribution is -0.136. The number of morpholine rings is 1. The van der Waals surface area contributed by atoms with Gasteiger partial charge in [-0.25, -0.2) is 0 Å². The zero-order valence-corrected chi connectivity index (χ0v) is 17.1. The second kappa shape index (κ2) is 7.76. The molecule has 2 N–H and O–H groups in total. The molecular weight excluding hydrogens is 384 g/mol. The number of amides is 3. The molecule has 5 rings (SSSR count). The number of likely N-dealkylation sites (tertiary alicyclic amines) is 1. The van der Waals surface area contributed by atoms with Gasteiger partial charge in [-0.15, -0.1) is 0 Å². The highest BCUT2D eigenvalue weighted by molar-refractivity contribution is 6.05. The number of nitrogens with one attached hydrogen (secondary N) is 2. The van der Waals surface area contributed by atoms with E-state index in [1.54, 1.807) is 4.90 Å². The molecule has 1 spiro atoms. The van der Waals surface area contributed by atoms with E-state index in [4.69, 9.17) is 4.74 Å². The number of rotatable bonds is 3. The molecule has 3 fully saturated rings. The van der Waals surface area contributed by atoms with Crippen molar-refractivity contribution < 1.29 is 19.1 Å². The quantitative estimate of drug-likeness (QED) is 0.699. The Morgan fingerprint density at radius 1 is 1.17 bits per heavy atom. The molecule has 1 atom stereocenters. The smallest absolute Gasteiger partial charge is 0.255 e. The van der Waals surface area contributed by atoms with Crippen molar-refractivity contribution in [2.24, 2.45) is 0 Å². The van der Waals surface area contributed by atoms with Gasteiger partial charge in [0.2, 0.25) is 11.8 Å². The molecule has 3 amide bonds. The highest BCUT2D eigenvalue weighted by Crippen LogP contribution is 2.30. The van der Waals surface area contributed by atoms with E-state index in [0.29, 0.717) is 18.5 Å². The van der Waals surface area contributed by atoms with Crippen LogP contribution in [0.25, 0.3) is 0 Å². The number of piperidine rings is 2. The van der Waals surface area contributed by atoms with Crippen LogP contribution in [0.1, 0.15) is 47.2 Å². The van der Waals surface area contributed by atoms with Crippen LogP contribution in [0.2, 0.25) is 0 Å².